The first-order valence-electron chi connectivity index (χ1n) is 8.87. The quantitative estimate of drug-likeness (QED) is 0.706. The van der Waals surface area contributed by atoms with Gasteiger partial charge in [-0.15, -0.1) is 11.3 Å². The number of carbonyl (C=O) groups is 1. The van der Waals surface area contributed by atoms with Crippen LogP contribution in [0.5, 0.6) is 5.75 Å². The van der Waals surface area contributed by atoms with E-state index in [2.05, 4.69) is 10.3 Å². The molecule has 0 saturated carbocycles. The van der Waals surface area contributed by atoms with Gasteiger partial charge in [0.2, 0.25) is 5.91 Å². The van der Waals surface area contributed by atoms with E-state index in [1.165, 1.54) is 15.9 Å². The number of rotatable bonds is 6. The molecule has 1 atom stereocenters. The minimum atomic E-state index is -0.191. The van der Waals surface area contributed by atoms with Gasteiger partial charge in [0.1, 0.15) is 22.9 Å². The third kappa shape index (κ3) is 3.88. The van der Waals surface area contributed by atoms with Crippen molar-refractivity contribution in [2.75, 3.05) is 7.11 Å². The van der Waals surface area contributed by atoms with Crippen molar-refractivity contribution in [2.45, 2.75) is 39.8 Å². The Morgan fingerprint density at radius 1 is 1.33 bits per heavy atom. The largest absolute Gasteiger partial charge is 0.497 e. The number of aryl methyl sites for hydroxylation is 1. The first-order valence-corrected chi connectivity index (χ1v) is 9.75. The fourth-order valence-corrected chi connectivity index (χ4v) is 3.84. The van der Waals surface area contributed by atoms with Gasteiger partial charge in [0, 0.05) is 17.0 Å². The molecule has 1 N–H and O–H groups in total. The van der Waals surface area contributed by atoms with Crippen LogP contribution in [-0.2, 0) is 11.3 Å². The molecule has 0 saturated heterocycles. The highest BCUT2D eigenvalue weighted by Crippen LogP contribution is 2.31. The summed E-state index contributed by atoms with van der Waals surface area (Å²) in [5, 5.41) is 5.38. The molecule has 0 fully saturated rings. The molecule has 1 unspecified atom stereocenters. The Labute approximate surface area is 161 Å². The first-order chi connectivity index (χ1) is 12.9. The molecule has 0 radical (unpaired) electrons. The Hall–Kier alpha value is -2.67. The molecule has 7 heteroatoms. The standard InChI is InChI=1S/C20H23N3O3S/c1-5-12(2)21-17(24)10-23-13(3)22-19-18(20(23)25)16(11-27-19)14-6-8-15(26-4)9-7-14/h6-9,11-12H,5,10H2,1-4H3,(H,21,24). The van der Waals surface area contributed by atoms with E-state index < -0.39 is 0 Å². The number of thiophene rings is 1. The maximum atomic E-state index is 13.1. The Kier molecular flexibility index (Phi) is 5.60. The number of nitrogens with one attached hydrogen (secondary N) is 1. The fraction of sp³-hybridized carbons (Fsp3) is 0.350. The molecule has 142 valence electrons. The summed E-state index contributed by atoms with van der Waals surface area (Å²) < 4.78 is 6.64. The second-order valence-corrected chi connectivity index (χ2v) is 7.34. The predicted octanol–water partition coefficient (Wildman–Crippen LogP) is 3.36. The van der Waals surface area contributed by atoms with Crippen LogP contribution in [0.2, 0.25) is 0 Å². The van der Waals surface area contributed by atoms with Gasteiger partial charge in [-0.25, -0.2) is 4.98 Å². The third-order valence-corrected chi connectivity index (χ3v) is 5.48. The summed E-state index contributed by atoms with van der Waals surface area (Å²) in [6, 6.07) is 7.62. The van der Waals surface area contributed by atoms with E-state index in [1.807, 2.05) is 43.5 Å². The summed E-state index contributed by atoms with van der Waals surface area (Å²) in [5.74, 6) is 1.11. The van der Waals surface area contributed by atoms with Crippen LogP contribution in [0.15, 0.2) is 34.4 Å². The molecule has 2 heterocycles. The maximum absolute atomic E-state index is 13.1. The van der Waals surface area contributed by atoms with Crippen LogP contribution in [-0.4, -0.2) is 28.6 Å². The van der Waals surface area contributed by atoms with E-state index in [0.717, 1.165) is 23.3 Å². The van der Waals surface area contributed by atoms with E-state index in [9.17, 15) is 9.59 Å². The third-order valence-electron chi connectivity index (χ3n) is 4.61. The Morgan fingerprint density at radius 3 is 2.67 bits per heavy atom. The summed E-state index contributed by atoms with van der Waals surface area (Å²) in [7, 11) is 1.62. The molecule has 0 spiro atoms. The van der Waals surface area contributed by atoms with Crippen LogP contribution in [0.25, 0.3) is 21.3 Å². The minimum absolute atomic E-state index is 0.0319. The van der Waals surface area contributed by atoms with Gasteiger partial charge >= 0.3 is 0 Å². The highest BCUT2D eigenvalue weighted by Gasteiger charge is 2.17. The van der Waals surface area contributed by atoms with Gasteiger partial charge in [-0.05, 0) is 38.0 Å². The Bertz CT molecular complexity index is 1020. The normalized spacial score (nSPS) is 12.1. The zero-order valence-corrected chi connectivity index (χ0v) is 16.7. The van der Waals surface area contributed by atoms with Gasteiger partial charge in [0.25, 0.3) is 5.56 Å². The van der Waals surface area contributed by atoms with Crippen molar-refractivity contribution in [3.63, 3.8) is 0 Å². The zero-order valence-electron chi connectivity index (χ0n) is 15.9. The van der Waals surface area contributed by atoms with Crippen molar-refractivity contribution in [1.29, 1.82) is 0 Å². The number of carbonyl (C=O) groups excluding carboxylic acids is 1. The number of nitrogens with zero attached hydrogens (tertiary/aromatic N) is 2. The average Bonchev–Trinajstić information content (AvgIpc) is 3.08. The van der Waals surface area contributed by atoms with E-state index in [-0.39, 0.29) is 24.1 Å². The molecule has 3 rings (SSSR count). The summed E-state index contributed by atoms with van der Waals surface area (Å²) in [4.78, 5) is 30.6. The number of methoxy groups -OCH3 is 1. The van der Waals surface area contributed by atoms with Crippen molar-refractivity contribution in [2.24, 2.45) is 0 Å². The van der Waals surface area contributed by atoms with Crippen molar-refractivity contribution >= 4 is 27.5 Å². The Morgan fingerprint density at radius 2 is 2.04 bits per heavy atom. The number of benzene rings is 1. The summed E-state index contributed by atoms with van der Waals surface area (Å²) in [6.45, 7) is 5.66. The van der Waals surface area contributed by atoms with Gasteiger partial charge in [0.15, 0.2) is 0 Å². The number of hydrogen-bond acceptors (Lipinski definition) is 5. The topological polar surface area (TPSA) is 73.2 Å². The smallest absolute Gasteiger partial charge is 0.263 e. The SMILES string of the molecule is CCC(C)NC(=O)Cn1c(C)nc2scc(-c3ccc(OC)cc3)c2c1=O. The second-order valence-electron chi connectivity index (χ2n) is 6.49. The average molecular weight is 385 g/mol. The van der Waals surface area contributed by atoms with Crippen molar-refractivity contribution < 1.29 is 9.53 Å². The second kappa shape index (κ2) is 7.92. The summed E-state index contributed by atoms with van der Waals surface area (Å²) in [5.41, 5.74) is 1.55. The number of amides is 1. The van der Waals surface area contributed by atoms with Crippen LogP contribution in [0, 0.1) is 6.92 Å². The molecule has 0 bridgehead atoms. The molecule has 3 aromatic rings. The lowest BCUT2D eigenvalue weighted by molar-refractivity contribution is -0.122. The number of fused-ring (bicyclic) bond motifs is 1. The predicted molar refractivity (Wildman–Crippen MR) is 109 cm³/mol. The lowest BCUT2D eigenvalue weighted by Crippen LogP contribution is -2.38. The number of ether oxygens (including phenoxy) is 1. The lowest BCUT2D eigenvalue weighted by Gasteiger charge is -2.14. The van der Waals surface area contributed by atoms with Gasteiger partial charge < -0.3 is 10.1 Å². The van der Waals surface area contributed by atoms with Crippen molar-refractivity contribution in [1.82, 2.24) is 14.9 Å². The molecular formula is C20H23N3O3S. The van der Waals surface area contributed by atoms with Crippen molar-refractivity contribution in [3.8, 4) is 16.9 Å². The van der Waals surface area contributed by atoms with E-state index in [4.69, 9.17) is 4.74 Å². The summed E-state index contributed by atoms with van der Waals surface area (Å²) >= 11 is 1.43. The number of hydrogen-bond donors (Lipinski definition) is 1. The molecule has 1 aromatic carbocycles. The minimum Gasteiger partial charge on any atom is -0.497 e. The number of aromatic nitrogens is 2. The van der Waals surface area contributed by atoms with E-state index >= 15 is 0 Å². The first kappa shape index (κ1) is 19.1. The van der Waals surface area contributed by atoms with Crippen molar-refractivity contribution in [3.05, 3.63) is 45.8 Å². The van der Waals surface area contributed by atoms with Gasteiger partial charge in [-0.3, -0.25) is 14.2 Å². The molecular weight excluding hydrogens is 362 g/mol. The Balaban J connectivity index is 2.04. The van der Waals surface area contributed by atoms with Crippen LogP contribution >= 0.6 is 11.3 Å². The van der Waals surface area contributed by atoms with Gasteiger partial charge in [-0.1, -0.05) is 19.1 Å². The van der Waals surface area contributed by atoms with E-state index in [1.54, 1.807) is 14.0 Å². The molecule has 6 nitrogen and oxygen atoms in total. The van der Waals surface area contributed by atoms with Crippen LogP contribution in [0.3, 0.4) is 0 Å². The monoisotopic (exact) mass is 385 g/mol. The molecule has 2 aromatic heterocycles. The molecule has 0 aliphatic carbocycles. The van der Waals surface area contributed by atoms with Crippen LogP contribution in [0.4, 0.5) is 0 Å². The van der Waals surface area contributed by atoms with Crippen LogP contribution in [0.1, 0.15) is 26.1 Å². The van der Waals surface area contributed by atoms with Gasteiger partial charge in [0.05, 0.1) is 12.5 Å². The van der Waals surface area contributed by atoms with E-state index in [0.29, 0.717) is 16.0 Å². The highest BCUT2D eigenvalue weighted by molar-refractivity contribution is 7.17. The lowest BCUT2D eigenvalue weighted by atomic mass is 10.1. The molecule has 0 aliphatic rings. The maximum Gasteiger partial charge on any atom is 0.263 e. The molecule has 27 heavy (non-hydrogen) atoms. The molecule has 0 aliphatic heterocycles. The summed E-state index contributed by atoms with van der Waals surface area (Å²) in [6.07, 6.45) is 0.836. The fourth-order valence-electron chi connectivity index (χ4n) is 2.86. The molecule has 1 amide bonds. The highest BCUT2D eigenvalue weighted by atomic mass is 32.1. The zero-order chi connectivity index (χ0) is 19.6. The van der Waals surface area contributed by atoms with Crippen LogP contribution < -0.4 is 15.6 Å². The van der Waals surface area contributed by atoms with Gasteiger partial charge in [-0.2, -0.15) is 0 Å².